The number of benzene rings is 2. The van der Waals surface area contributed by atoms with Crippen LogP contribution >= 0.6 is 0 Å². The number of ether oxygens (including phenoxy) is 2. The molecule has 0 amide bonds. The van der Waals surface area contributed by atoms with Gasteiger partial charge in [-0.1, -0.05) is 72.8 Å². The van der Waals surface area contributed by atoms with E-state index in [4.69, 9.17) is 9.47 Å². The highest BCUT2D eigenvalue weighted by molar-refractivity contribution is 5.81. The molecule has 3 nitrogen and oxygen atoms in total. The van der Waals surface area contributed by atoms with Crippen LogP contribution in [-0.2, 0) is 20.9 Å². The highest BCUT2D eigenvalue weighted by Gasteiger charge is 2.62. The second kappa shape index (κ2) is 9.37. The average Bonchev–Trinajstić information content (AvgIpc) is 2.65. The van der Waals surface area contributed by atoms with Crippen LogP contribution in [0.25, 0.3) is 6.08 Å². The molecule has 0 aliphatic carbocycles. The molecule has 27 heavy (non-hydrogen) atoms. The number of alkyl halides is 3. The van der Waals surface area contributed by atoms with Gasteiger partial charge in [-0.2, -0.15) is 13.2 Å². The molecule has 0 bridgehead atoms. The summed E-state index contributed by atoms with van der Waals surface area (Å²) >= 11 is 0. The predicted molar refractivity (Wildman–Crippen MR) is 96.7 cm³/mol. The van der Waals surface area contributed by atoms with Gasteiger partial charge < -0.3 is 9.47 Å². The Morgan fingerprint density at radius 1 is 1.00 bits per heavy atom. The molecule has 0 N–H and O–H groups in total. The number of halogens is 3. The van der Waals surface area contributed by atoms with Gasteiger partial charge in [-0.05, 0) is 18.1 Å². The van der Waals surface area contributed by atoms with Gasteiger partial charge in [0, 0.05) is 6.42 Å². The maximum atomic E-state index is 13.9. The van der Waals surface area contributed by atoms with Gasteiger partial charge in [-0.25, -0.2) is 4.79 Å². The Morgan fingerprint density at radius 3 is 2.15 bits per heavy atom. The predicted octanol–water partition coefficient (Wildman–Crippen LogP) is 5.17. The van der Waals surface area contributed by atoms with Gasteiger partial charge in [0.1, 0.15) is 0 Å². The van der Waals surface area contributed by atoms with E-state index in [1.807, 2.05) is 0 Å². The normalized spacial score (nSPS) is 14.1. The summed E-state index contributed by atoms with van der Waals surface area (Å²) in [5.41, 5.74) is -1.81. The minimum atomic E-state index is -4.94. The van der Waals surface area contributed by atoms with Gasteiger partial charge in [-0.3, -0.25) is 0 Å². The molecule has 0 spiro atoms. The summed E-state index contributed by atoms with van der Waals surface area (Å²) < 4.78 is 51.6. The summed E-state index contributed by atoms with van der Waals surface area (Å²) in [6.07, 6.45) is -2.82. The van der Waals surface area contributed by atoms with Crippen molar-refractivity contribution in [2.24, 2.45) is 0 Å². The van der Waals surface area contributed by atoms with E-state index in [1.54, 1.807) is 60.7 Å². The molecule has 0 aliphatic heterocycles. The lowest BCUT2D eigenvalue weighted by molar-refractivity contribution is -0.279. The maximum Gasteiger partial charge on any atom is 0.428 e. The Labute approximate surface area is 156 Å². The smallest absolute Gasteiger partial charge is 0.428 e. The van der Waals surface area contributed by atoms with Crippen LogP contribution in [0.2, 0.25) is 0 Å². The van der Waals surface area contributed by atoms with E-state index in [9.17, 15) is 18.0 Å². The summed E-state index contributed by atoms with van der Waals surface area (Å²) in [4.78, 5) is 12.3. The lowest BCUT2D eigenvalue weighted by atomic mass is 9.97. The first-order chi connectivity index (χ1) is 12.9. The van der Waals surface area contributed by atoms with E-state index in [2.05, 4.69) is 0 Å². The fraction of sp³-hybridized carbons (Fsp3) is 0.286. The van der Waals surface area contributed by atoms with Crippen LogP contribution in [0.4, 0.5) is 13.2 Å². The van der Waals surface area contributed by atoms with Gasteiger partial charge in [0.2, 0.25) is 0 Å². The number of esters is 1. The largest absolute Gasteiger partial charge is 0.464 e. The molecule has 0 heterocycles. The molecular weight excluding hydrogens is 357 g/mol. The second-order valence-electron chi connectivity index (χ2n) is 5.84. The zero-order valence-electron chi connectivity index (χ0n) is 14.9. The van der Waals surface area contributed by atoms with E-state index in [-0.39, 0.29) is 13.2 Å². The molecular formula is C21H21F3O3. The topological polar surface area (TPSA) is 35.5 Å². The molecule has 0 aromatic heterocycles. The van der Waals surface area contributed by atoms with Crippen molar-refractivity contribution in [1.29, 1.82) is 0 Å². The van der Waals surface area contributed by atoms with Crippen LogP contribution in [-0.4, -0.2) is 24.4 Å². The Hall–Kier alpha value is -2.60. The van der Waals surface area contributed by atoms with Crippen molar-refractivity contribution in [3.8, 4) is 0 Å². The summed E-state index contributed by atoms with van der Waals surface area (Å²) in [6.45, 7) is 0.919. The third kappa shape index (κ3) is 5.44. The van der Waals surface area contributed by atoms with Crippen LogP contribution < -0.4 is 0 Å². The van der Waals surface area contributed by atoms with E-state index in [1.165, 1.54) is 19.1 Å². The summed E-state index contributed by atoms with van der Waals surface area (Å²) in [5.74, 6) is -1.44. The third-order valence-corrected chi connectivity index (χ3v) is 3.91. The second-order valence-corrected chi connectivity index (χ2v) is 5.84. The van der Waals surface area contributed by atoms with Crippen molar-refractivity contribution in [1.82, 2.24) is 0 Å². The standard InChI is InChI=1S/C21H21F3O3/c1-2-26-19(25)20(21(22,23)24,27-16-18-12-7-4-8-13-18)15-9-14-17-10-5-3-6-11-17/h3-14H,2,15-16H2,1H3/b14-9-. The molecule has 0 saturated heterocycles. The molecule has 2 rings (SSSR count). The molecule has 1 atom stereocenters. The van der Waals surface area contributed by atoms with Gasteiger partial charge in [0.15, 0.2) is 0 Å². The monoisotopic (exact) mass is 378 g/mol. The van der Waals surface area contributed by atoms with Crippen molar-refractivity contribution in [2.75, 3.05) is 6.61 Å². The van der Waals surface area contributed by atoms with E-state index in [0.29, 0.717) is 5.56 Å². The third-order valence-electron chi connectivity index (χ3n) is 3.91. The van der Waals surface area contributed by atoms with Gasteiger partial charge in [0.05, 0.1) is 13.2 Å². The molecule has 0 fully saturated rings. The van der Waals surface area contributed by atoms with Crippen molar-refractivity contribution in [2.45, 2.75) is 31.7 Å². The van der Waals surface area contributed by atoms with Crippen LogP contribution in [0.3, 0.4) is 0 Å². The van der Waals surface area contributed by atoms with Crippen molar-refractivity contribution < 1.29 is 27.4 Å². The number of carbonyl (C=O) groups excluding carboxylic acids is 1. The van der Waals surface area contributed by atoms with Crippen LogP contribution in [0.1, 0.15) is 24.5 Å². The quantitative estimate of drug-likeness (QED) is 0.595. The van der Waals surface area contributed by atoms with Crippen molar-refractivity contribution in [3.05, 3.63) is 77.9 Å². The molecule has 6 heteroatoms. The van der Waals surface area contributed by atoms with Gasteiger partial charge >= 0.3 is 12.1 Å². The lowest BCUT2D eigenvalue weighted by Crippen LogP contribution is -2.54. The first kappa shape index (κ1) is 20.7. The lowest BCUT2D eigenvalue weighted by Gasteiger charge is -2.32. The number of rotatable bonds is 8. The van der Waals surface area contributed by atoms with Crippen LogP contribution in [0, 0.1) is 0 Å². The van der Waals surface area contributed by atoms with Gasteiger partial charge in [-0.15, -0.1) is 0 Å². The Kier molecular flexibility index (Phi) is 7.19. The number of carbonyl (C=O) groups is 1. The van der Waals surface area contributed by atoms with E-state index < -0.39 is 24.2 Å². The molecule has 2 aromatic carbocycles. The Balaban J connectivity index is 2.29. The highest BCUT2D eigenvalue weighted by atomic mass is 19.4. The van der Waals surface area contributed by atoms with E-state index in [0.717, 1.165) is 5.56 Å². The molecule has 2 aromatic rings. The number of hydrogen-bond donors (Lipinski definition) is 0. The van der Waals surface area contributed by atoms with Crippen LogP contribution in [0.15, 0.2) is 66.7 Å². The number of hydrogen-bond acceptors (Lipinski definition) is 3. The Morgan fingerprint density at radius 2 is 1.59 bits per heavy atom. The molecule has 1 unspecified atom stereocenters. The minimum Gasteiger partial charge on any atom is -0.464 e. The van der Waals surface area contributed by atoms with Gasteiger partial charge in [0.25, 0.3) is 5.60 Å². The maximum absolute atomic E-state index is 13.9. The summed E-state index contributed by atoms with van der Waals surface area (Å²) in [6, 6.07) is 17.2. The van der Waals surface area contributed by atoms with Crippen molar-refractivity contribution in [3.63, 3.8) is 0 Å². The molecule has 0 radical (unpaired) electrons. The SMILES string of the molecule is CCOC(=O)C(C/C=C\c1ccccc1)(OCc1ccccc1)C(F)(F)F. The summed E-state index contributed by atoms with van der Waals surface area (Å²) in [7, 11) is 0. The Bertz CT molecular complexity index is 742. The van der Waals surface area contributed by atoms with E-state index >= 15 is 0 Å². The van der Waals surface area contributed by atoms with Crippen LogP contribution in [0.5, 0.6) is 0 Å². The minimum absolute atomic E-state index is 0.173. The fourth-order valence-electron chi connectivity index (χ4n) is 2.47. The zero-order valence-corrected chi connectivity index (χ0v) is 14.9. The first-order valence-electron chi connectivity index (χ1n) is 8.52. The average molecular weight is 378 g/mol. The highest BCUT2D eigenvalue weighted by Crippen LogP contribution is 2.39. The molecule has 144 valence electrons. The molecule has 0 saturated carbocycles. The summed E-state index contributed by atoms with van der Waals surface area (Å²) in [5, 5.41) is 0. The fourth-order valence-corrected chi connectivity index (χ4v) is 2.47. The molecule has 0 aliphatic rings. The first-order valence-corrected chi connectivity index (χ1v) is 8.52. The zero-order chi connectivity index (χ0) is 19.8. The van der Waals surface area contributed by atoms with Crippen molar-refractivity contribution >= 4 is 12.0 Å².